The smallest absolute Gasteiger partial charge is 0.161 e. The molecular weight excluding hydrogens is 358 g/mol. The highest BCUT2D eigenvalue weighted by Crippen LogP contribution is 2.29. The summed E-state index contributed by atoms with van der Waals surface area (Å²) in [4.78, 5) is 6.75. The number of hydrogen-bond acceptors (Lipinski definition) is 7. The number of nitrogens with zero attached hydrogens (tertiary/aromatic N) is 3. The first-order valence-corrected chi connectivity index (χ1v) is 10.3. The van der Waals surface area contributed by atoms with E-state index in [1.807, 2.05) is 27.1 Å². The Kier molecular flexibility index (Phi) is 7.93. The molecule has 2 atom stereocenters. The third-order valence-electron chi connectivity index (χ3n) is 5.48. The fourth-order valence-electron chi connectivity index (χ4n) is 3.89. The van der Waals surface area contributed by atoms with E-state index in [2.05, 4.69) is 26.8 Å². The Morgan fingerprint density at radius 1 is 1.11 bits per heavy atom. The van der Waals surface area contributed by atoms with E-state index in [4.69, 9.17) is 14.2 Å². The zero-order valence-electron chi connectivity index (χ0n) is 17.5. The first-order valence-electron chi connectivity index (χ1n) is 10.3. The van der Waals surface area contributed by atoms with Crippen LogP contribution >= 0.6 is 0 Å². The maximum atomic E-state index is 10.3. The van der Waals surface area contributed by atoms with Gasteiger partial charge >= 0.3 is 0 Å². The SMILES string of the molecule is CCOc1cc(CN2C[C@H](O)[C@@H](N(C)C)C2)ccc1OCCN1CCOCC1. The van der Waals surface area contributed by atoms with Gasteiger partial charge < -0.3 is 24.2 Å². The lowest BCUT2D eigenvalue weighted by molar-refractivity contribution is 0.0321. The van der Waals surface area contributed by atoms with Crippen LogP contribution in [0.1, 0.15) is 12.5 Å². The maximum absolute atomic E-state index is 10.3. The number of likely N-dealkylation sites (N-methyl/N-ethyl adjacent to an activating group) is 1. The van der Waals surface area contributed by atoms with Crippen LogP contribution in [0.4, 0.5) is 0 Å². The summed E-state index contributed by atoms with van der Waals surface area (Å²) in [6.45, 7) is 10.0. The van der Waals surface area contributed by atoms with Crippen LogP contribution < -0.4 is 9.47 Å². The molecule has 28 heavy (non-hydrogen) atoms. The van der Waals surface area contributed by atoms with Gasteiger partial charge in [0.25, 0.3) is 0 Å². The van der Waals surface area contributed by atoms with Crippen LogP contribution in [0.5, 0.6) is 11.5 Å². The van der Waals surface area contributed by atoms with Gasteiger partial charge in [-0.25, -0.2) is 0 Å². The zero-order chi connectivity index (χ0) is 19.9. The van der Waals surface area contributed by atoms with Gasteiger partial charge in [-0.15, -0.1) is 0 Å². The maximum Gasteiger partial charge on any atom is 0.161 e. The molecule has 0 aliphatic carbocycles. The molecular formula is C21H35N3O4. The number of β-amino-alcohol motifs (C(OH)–C–C–N with tert-alkyl or cyclic N) is 1. The molecule has 1 aromatic rings. The normalized spacial score (nSPS) is 24.0. The van der Waals surface area contributed by atoms with Gasteiger partial charge in [0, 0.05) is 45.3 Å². The largest absolute Gasteiger partial charge is 0.490 e. The van der Waals surface area contributed by atoms with Crippen molar-refractivity contribution in [1.29, 1.82) is 0 Å². The molecule has 0 aromatic heterocycles. The molecule has 3 rings (SSSR count). The summed E-state index contributed by atoms with van der Waals surface area (Å²) in [7, 11) is 4.04. The number of aliphatic hydroxyl groups excluding tert-OH is 1. The van der Waals surface area contributed by atoms with Gasteiger partial charge in [-0.2, -0.15) is 0 Å². The van der Waals surface area contributed by atoms with E-state index in [0.717, 1.165) is 57.4 Å². The summed E-state index contributed by atoms with van der Waals surface area (Å²) >= 11 is 0. The second kappa shape index (κ2) is 10.4. The molecule has 0 spiro atoms. The van der Waals surface area contributed by atoms with Gasteiger partial charge in [0.1, 0.15) is 6.61 Å². The lowest BCUT2D eigenvalue weighted by Crippen LogP contribution is -2.38. The topological polar surface area (TPSA) is 57.6 Å². The van der Waals surface area contributed by atoms with Crippen LogP contribution in [0.25, 0.3) is 0 Å². The molecule has 2 saturated heterocycles. The summed E-state index contributed by atoms with van der Waals surface area (Å²) in [5.74, 6) is 1.59. The number of benzene rings is 1. The van der Waals surface area contributed by atoms with Crippen LogP contribution in [0.15, 0.2) is 18.2 Å². The Labute approximate surface area is 168 Å². The van der Waals surface area contributed by atoms with Crippen LogP contribution in [0.2, 0.25) is 0 Å². The van der Waals surface area contributed by atoms with E-state index in [-0.39, 0.29) is 12.1 Å². The van der Waals surface area contributed by atoms with Crippen molar-refractivity contribution in [2.45, 2.75) is 25.6 Å². The second-order valence-electron chi connectivity index (χ2n) is 7.81. The lowest BCUT2D eigenvalue weighted by Gasteiger charge is -2.26. The summed E-state index contributed by atoms with van der Waals surface area (Å²) in [5, 5.41) is 10.3. The molecule has 2 heterocycles. The predicted molar refractivity (Wildman–Crippen MR) is 109 cm³/mol. The summed E-state index contributed by atoms with van der Waals surface area (Å²) in [5.41, 5.74) is 1.18. The quantitative estimate of drug-likeness (QED) is 0.669. The number of rotatable bonds is 9. The van der Waals surface area contributed by atoms with E-state index >= 15 is 0 Å². The third kappa shape index (κ3) is 5.81. The highest BCUT2D eigenvalue weighted by molar-refractivity contribution is 5.43. The number of likely N-dealkylation sites (tertiary alicyclic amines) is 1. The molecule has 7 heteroatoms. The van der Waals surface area contributed by atoms with E-state index in [0.29, 0.717) is 19.8 Å². The Bertz CT molecular complexity index is 607. The highest BCUT2D eigenvalue weighted by Gasteiger charge is 2.32. The Morgan fingerprint density at radius 2 is 1.89 bits per heavy atom. The minimum atomic E-state index is -0.302. The Balaban J connectivity index is 1.56. The summed E-state index contributed by atoms with van der Waals surface area (Å²) in [6.07, 6.45) is -0.302. The highest BCUT2D eigenvalue weighted by atomic mass is 16.5. The standard InChI is InChI=1S/C21H35N3O4/c1-4-27-21-13-17(14-24-15-18(22(2)3)19(25)16-24)5-6-20(21)28-12-9-23-7-10-26-11-8-23/h5-6,13,18-19,25H,4,7-12,14-16H2,1-3H3/t18-,19-/m0/s1. The molecule has 2 aliphatic rings. The lowest BCUT2D eigenvalue weighted by atomic mass is 10.2. The Hall–Kier alpha value is -1.38. The number of hydrogen-bond donors (Lipinski definition) is 1. The minimum absolute atomic E-state index is 0.189. The molecule has 0 bridgehead atoms. The molecule has 0 radical (unpaired) electrons. The third-order valence-corrected chi connectivity index (χ3v) is 5.48. The van der Waals surface area contributed by atoms with Crippen LogP contribution in [0, 0.1) is 0 Å². The molecule has 1 N–H and O–H groups in total. The molecule has 2 aliphatic heterocycles. The van der Waals surface area contributed by atoms with Crippen LogP contribution in [-0.4, -0.2) is 105 Å². The van der Waals surface area contributed by atoms with E-state index in [1.54, 1.807) is 0 Å². The van der Waals surface area contributed by atoms with Crippen molar-refractivity contribution < 1.29 is 19.3 Å². The Morgan fingerprint density at radius 3 is 2.57 bits per heavy atom. The van der Waals surface area contributed by atoms with Crippen molar-refractivity contribution in [3.8, 4) is 11.5 Å². The molecule has 1 aromatic carbocycles. The first-order chi connectivity index (χ1) is 13.6. The number of aliphatic hydroxyl groups is 1. The monoisotopic (exact) mass is 393 g/mol. The second-order valence-corrected chi connectivity index (χ2v) is 7.81. The minimum Gasteiger partial charge on any atom is -0.490 e. The van der Waals surface area contributed by atoms with Gasteiger partial charge in [0.2, 0.25) is 0 Å². The van der Waals surface area contributed by atoms with Gasteiger partial charge in [0.05, 0.1) is 25.9 Å². The number of morpholine rings is 1. The van der Waals surface area contributed by atoms with Crippen molar-refractivity contribution >= 4 is 0 Å². The van der Waals surface area contributed by atoms with E-state index in [9.17, 15) is 5.11 Å². The zero-order valence-corrected chi connectivity index (χ0v) is 17.5. The van der Waals surface area contributed by atoms with Crippen molar-refractivity contribution in [2.24, 2.45) is 0 Å². The molecule has 0 saturated carbocycles. The average molecular weight is 394 g/mol. The van der Waals surface area contributed by atoms with Crippen molar-refractivity contribution in [2.75, 3.05) is 73.2 Å². The molecule has 7 nitrogen and oxygen atoms in total. The van der Waals surface area contributed by atoms with E-state index < -0.39 is 0 Å². The summed E-state index contributed by atoms with van der Waals surface area (Å²) < 4.78 is 17.2. The fourth-order valence-corrected chi connectivity index (χ4v) is 3.89. The van der Waals surface area contributed by atoms with Gasteiger partial charge in [0.15, 0.2) is 11.5 Å². The predicted octanol–water partition coefficient (Wildman–Crippen LogP) is 0.903. The van der Waals surface area contributed by atoms with Gasteiger partial charge in [-0.05, 0) is 38.7 Å². The van der Waals surface area contributed by atoms with Crippen molar-refractivity contribution in [3.05, 3.63) is 23.8 Å². The first kappa shape index (κ1) is 21.3. The molecule has 158 valence electrons. The van der Waals surface area contributed by atoms with Crippen molar-refractivity contribution in [1.82, 2.24) is 14.7 Å². The van der Waals surface area contributed by atoms with Crippen LogP contribution in [0.3, 0.4) is 0 Å². The fraction of sp³-hybridized carbons (Fsp3) is 0.714. The van der Waals surface area contributed by atoms with Gasteiger partial charge in [-0.1, -0.05) is 6.07 Å². The van der Waals surface area contributed by atoms with E-state index in [1.165, 1.54) is 5.56 Å². The molecule has 2 fully saturated rings. The average Bonchev–Trinajstić information content (AvgIpc) is 3.05. The molecule has 0 amide bonds. The van der Waals surface area contributed by atoms with Crippen LogP contribution in [-0.2, 0) is 11.3 Å². The number of ether oxygens (including phenoxy) is 3. The van der Waals surface area contributed by atoms with Gasteiger partial charge in [-0.3, -0.25) is 9.80 Å². The summed E-state index contributed by atoms with van der Waals surface area (Å²) in [6, 6.07) is 6.37. The molecule has 0 unspecified atom stereocenters. The van der Waals surface area contributed by atoms with Crippen molar-refractivity contribution in [3.63, 3.8) is 0 Å².